The predicted molar refractivity (Wildman–Crippen MR) is 165 cm³/mol. The first kappa shape index (κ1) is 32.8. The molecule has 0 bridgehead atoms. The van der Waals surface area contributed by atoms with Crippen molar-refractivity contribution >= 4 is 35.1 Å². The summed E-state index contributed by atoms with van der Waals surface area (Å²) in [4.78, 5) is 48.5. The van der Waals surface area contributed by atoms with Crippen LogP contribution in [0.5, 0.6) is 11.5 Å². The van der Waals surface area contributed by atoms with Crippen molar-refractivity contribution in [1.29, 1.82) is 0 Å². The van der Waals surface area contributed by atoms with Crippen molar-refractivity contribution in [3.8, 4) is 11.5 Å². The summed E-state index contributed by atoms with van der Waals surface area (Å²) in [7, 11) is 0. The molecule has 0 saturated carbocycles. The maximum absolute atomic E-state index is 12.3. The molecule has 0 saturated heterocycles. The molecule has 2 N–H and O–H groups in total. The third-order valence-electron chi connectivity index (χ3n) is 6.44. The number of hydrogen-bond acceptors (Lipinski definition) is 7. The fourth-order valence-corrected chi connectivity index (χ4v) is 4.05. The highest BCUT2D eigenvalue weighted by molar-refractivity contribution is 5.94. The van der Waals surface area contributed by atoms with Gasteiger partial charge in [0.25, 0.3) is 5.91 Å². The van der Waals surface area contributed by atoms with Crippen LogP contribution in [0.2, 0.25) is 0 Å². The van der Waals surface area contributed by atoms with Crippen molar-refractivity contribution in [2.75, 3.05) is 23.8 Å². The molecule has 0 aromatic heterocycles. The third-order valence-corrected chi connectivity index (χ3v) is 6.44. The maximum Gasteiger partial charge on any atom is 0.338 e. The normalized spacial score (nSPS) is 10.6. The van der Waals surface area contributed by atoms with Gasteiger partial charge < -0.3 is 24.8 Å². The molecule has 0 aliphatic heterocycles. The van der Waals surface area contributed by atoms with Gasteiger partial charge in [0.15, 0.2) is 6.61 Å². The number of amides is 2. The summed E-state index contributed by atoms with van der Waals surface area (Å²) in [5, 5.41) is 5.41. The second-order valence-corrected chi connectivity index (χ2v) is 10.5. The first-order valence-electron chi connectivity index (χ1n) is 14.6. The molecule has 0 radical (unpaired) electrons. The Morgan fingerprint density at radius 1 is 0.767 bits per heavy atom. The SMILES string of the molecule is CCCCOC(=O)c1ccc(NC(=O)COC(=O)CCCC(=O)Nc2ccc(Oc3cc(C)ccc3C(C)C)cc2)cc1. The lowest BCUT2D eigenvalue weighted by atomic mass is 10.0. The van der Waals surface area contributed by atoms with Crippen LogP contribution in [0.15, 0.2) is 66.7 Å². The second-order valence-electron chi connectivity index (χ2n) is 10.5. The van der Waals surface area contributed by atoms with E-state index in [1.54, 1.807) is 48.5 Å². The summed E-state index contributed by atoms with van der Waals surface area (Å²) in [6, 6.07) is 19.5. The number of aryl methyl sites for hydroxylation is 1. The lowest BCUT2D eigenvalue weighted by molar-refractivity contribution is -0.147. The van der Waals surface area contributed by atoms with E-state index in [1.807, 2.05) is 19.9 Å². The highest BCUT2D eigenvalue weighted by Gasteiger charge is 2.12. The molecule has 0 spiro atoms. The van der Waals surface area contributed by atoms with Crippen LogP contribution >= 0.6 is 0 Å². The molecule has 0 aliphatic carbocycles. The number of nitrogens with one attached hydrogen (secondary N) is 2. The van der Waals surface area contributed by atoms with E-state index in [0.29, 0.717) is 35.2 Å². The van der Waals surface area contributed by atoms with Gasteiger partial charge in [0.05, 0.1) is 12.2 Å². The Morgan fingerprint density at radius 3 is 2.07 bits per heavy atom. The summed E-state index contributed by atoms with van der Waals surface area (Å²) in [5.74, 6) is 0.0456. The van der Waals surface area contributed by atoms with Crippen molar-refractivity contribution in [3.63, 3.8) is 0 Å². The Kier molecular flexibility index (Phi) is 12.8. The number of ether oxygens (including phenoxy) is 3. The van der Waals surface area contributed by atoms with Gasteiger partial charge in [-0.05, 0) is 91.4 Å². The minimum Gasteiger partial charge on any atom is -0.462 e. The molecule has 0 aliphatic rings. The van der Waals surface area contributed by atoms with E-state index >= 15 is 0 Å². The topological polar surface area (TPSA) is 120 Å². The lowest BCUT2D eigenvalue weighted by Crippen LogP contribution is -2.21. The van der Waals surface area contributed by atoms with Gasteiger partial charge in [0, 0.05) is 24.2 Å². The van der Waals surface area contributed by atoms with Gasteiger partial charge in [0.1, 0.15) is 11.5 Å². The third kappa shape index (κ3) is 11.3. The van der Waals surface area contributed by atoms with Gasteiger partial charge in [-0.25, -0.2) is 4.79 Å². The number of rotatable bonds is 15. The summed E-state index contributed by atoms with van der Waals surface area (Å²) in [5.41, 5.74) is 3.69. The minimum atomic E-state index is -0.577. The molecule has 3 rings (SSSR count). The molecule has 0 unspecified atom stereocenters. The zero-order chi connectivity index (χ0) is 31.2. The molecule has 43 heavy (non-hydrogen) atoms. The minimum absolute atomic E-state index is 0.00298. The predicted octanol–water partition coefficient (Wildman–Crippen LogP) is 7.16. The summed E-state index contributed by atoms with van der Waals surface area (Å²) < 4.78 is 16.3. The van der Waals surface area contributed by atoms with Gasteiger partial charge >= 0.3 is 11.9 Å². The van der Waals surface area contributed by atoms with E-state index in [2.05, 4.69) is 36.6 Å². The van der Waals surface area contributed by atoms with Crippen molar-refractivity contribution in [3.05, 3.63) is 83.4 Å². The number of benzene rings is 3. The average Bonchev–Trinajstić information content (AvgIpc) is 2.97. The zero-order valence-electron chi connectivity index (χ0n) is 25.2. The van der Waals surface area contributed by atoms with Crippen LogP contribution in [0, 0.1) is 6.92 Å². The first-order chi connectivity index (χ1) is 20.6. The van der Waals surface area contributed by atoms with Crippen molar-refractivity contribution in [1.82, 2.24) is 0 Å². The van der Waals surface area contributed by atoms with E-state index < -0.39 is 24.5 Å². The Hall–Kier alpha value is -4.66. The Morgan fingerprint density at radius 2 is 1.42 bits per heavy atom. The zero-order valence-corrected chi connectivity index (χ0v) is 25.2. The highest BCUT2D eigenvalue weighted by Crippen LogP contribution is 2.32. The van der Waals surface area contributed by atoms with Crippen LogP contribution in [0.1, 0.15) is 80.3 Å². The van der Waals surface area contributed by atoms with E-state index in [9.17, 15) is 19.2 Å². The van der Waals surface area contributed by atoms with Crippen molar-refractivity contribution < 1.29 is 33.4 Å². The highest BCUT2D eigenvalue weighted by atomic mass is 16.5. The first-order valence-corrected chi connectivity index (χ1v) is 14.6. The van der Waals surface area contributed by atoms with Gasteiger partial charge in [0.2, 0.25) is 5.91 Å². The Labute approximate surface area is 252 Å². The van der Waals surface area contributed by atoms with E-state index in [1.165, 1.54) is 0 Å². The molecule has 9 heteroatoms. The number of carbonyl (C=O) groups is 4. The number of anilines is 2. The van der Waals surface area contributed by atoms with Gasteiger partial charge in [-0.1, -0.05) is 39.3 Å². The van der Waals surface area contributed by atoms with Crippen LogP contribution < -0.4 is 15.4 Å². The summed E-state index contributed by atoms with van der Waals surface area (Å²) >= 11 is 0. The molecule has 2 amide bonds. The molecular formula is C34H40N2O7. The molecule has 3 aromatic rings. The molecular weight excluding hydrogens is 548 g/mol. The van der Waals surface area contributed by atoms with E-state index in [0.717, 1.165) is 29.7 Å². The number of unbranched alkanes of at least 4 members (excludes halogenated alkanes) is 1. The maximum atomic E-state index is 12.3. The monoisotopic (exact) mass is 588 g/mol. The summed E-state index contributed by atoms with van der Waals surface area (Å²) in [6.07, 6.45) is 2.12. The molecule has 0 atom stereocenters. The fourth-order valence-electron chi connectivity index (χ4n) is 4.05. The fraction of sp³-hybridized carbons (Fsp3) is 0.353. The Balaban J connectivity index is 1.34. The van der Waals surface area contributed by atoms with Gasteiger partial charge in [-0.2, -0.15) is 0 Å². The largest absolute Gasteiger partial charge is 0.462 e. The van der Waals surface area contributed by atoms with Crippen LogP contribution in [-0.2, 0) is 23.9 Å². The molecule has 228 valence electrons. The van der Waals surface area contributed by atoms with Crippen molar-refractivity contribution in [2.45, 2.75) is 65.7 Å². The van der Waals surface area contributed by atoms with Gasteiger partial charge in [-0.3, -0.25) is 14.4 Å². The van der Waals surface area contributed by atoms with Gasteiger partial charge in [-0.15, -0.1) is 0 Å². The molecule has 0 fully saturated rings. The van der Waals surface area contributed by atoms with Crippen molar-refractivity contribution in [2.24, 2.45) is 0 Å². The smallest absolute Gasteiger partial charge is 0.338 e. The average molecular weight is 589 g/mol. The van der Waals surface area contributed by atoms with Crippen LogP contribution in [0.25, 0.3) is 0 Å². The van der Waals surface area contributed by atoms with Crippen LogP contribution in [0.4, 0.5) is 11.4 Å². The molecule has 9 nitrogen and oxygen atoms in total. The van der Waals surface area contributed by atoms with Crippen LogP contribution in [-0.4, -0.2) is 37.0 Å². The number of esters is 2. The molecule has 3 aromatic carbocycles. The number of hydrogen-bond donors (Lipinski definition) is 2. The van der Waals surface area contributed by atoms with Crippen LogP contribution in [0.3, 0.4) is 0 Å². The van der Waals surface area contributed by atoms with E-state index in [-0.39, 0.29) is 25.2 Å². The standard InChI is InChI=1S/C34H40N2O7/c1-5-6-20-41-34(40)25-11-13-26(14-12-25)36-32(38)22-42-33(39)9-7-8-31(37)35-27-15-17-28(18-16-27)43-30-21-24(4)10-19-29(30)23(2)3/h10-19,21,23H,5-9,20,22H2,1-4H3,(H,35,37)(H,36,38). The molecule has 0 heterocycles. The summed E-state index contributed by atoms with van der Waals surface area (Å²) in [6.45, 7) is 8.17. The second kappa shape index (κ2) is 16.7. The Bertz CT molecular complexity index is 1380. The quantitative estimate of drug-likeness (QED) is 0.143. The van der Waals surface area contributed by atoms with E-state index in [4.69, 9.17) is 14.2 Å². The lowest BCUT2D eigenvalue weighted by Gasteiger charge is -2.15. The number of carbonyl (C=O) groups excluding carboxylic acids is 4.